The van der Waals surface area contributed by atoms with Gasteiger partial charge in [-0.1, -0.05) is 47.5 Å². The van der Waals surface area contributed by atoms with Gasteiger partial charge >= 0.3 is 0 Å². The van der Waals surface area contributed by atoms with Gasteiger partial charge in [0, 0.05) is 9.61 Å². The lowest BCUT2D eigenvalue weighted by molar-refractivity contribution is 0.589. The quantitative estimate of drug-likeness (QED) is 0.792. The highest BCUT2D eigenvalue weighted by Gasteiger charge is 2.13. The average molecular weight is 365 g/mol. The van der Waals surface area contributed by atoms with E-state index in [1.165, 1.54) is 25.8 Å². The first kappa shape index (κ1) is 14.5. The lowest BCUT2D eigenvalue weighted by atomic mass is 9.97. The van der Waals surface area contributed by atoms with E-state index in [-0.39, 0.29) is 0 Å². The van der Waals surface area contributed by atoms with Gasteiger partial charge in [0.1, 0.15) is 0 Å². The maximum atomic E-state index is 3.44. The Kier molecular flexibility index (Phi) is 4.99. The minimum Gasteiger partial charge on any atom is -0.313 e. The van der Waals surface area contributed by atoms with Gasteiger partial charge in [-0.05, 0) is 67.1 Å². The predicted octanol–water partition coefficient (Wildman–Crippen LogP) is 4.41. The Labute approximate surface area is 129 Å². The second kappa shape index (κ2) is 6.53. The van der Waals surface area contributed by atoms with Crippen LogP contribution in [0, 0.1) is 17.4 Å². The molecule has 0 fully saturated rings. The Morgan fingerprint density at radius 1 is 1.05 bits per heavy atom. The molecular weight excluding hydrogens is 345 g/mol. The second-order valence-corrected chi connectivity index (χ2v) is 6.23. The third kappa shape index (κ3) is 3.80. The summed E-state index contributed by atoms with van der Waals surface area (Å²) in [5.41, 5.74) is 5.46. The molecule has 0 aliphatic rings. The van der Waals surface area contributed by atoms with Crippen molar-refractivity contribution in [1.29, 1.82) is 0 Å². The molecule has 0 radical (unpaired) electrons. The van der Waals surface area contributed by atoms with Gasteiger partial charge in [0.2, 0.25) is 0 Å². The summed E-state index contributed by atoms with van der Waals surface area (Å²) < 4.78 is 1.32. The number of nitrogens with one attached hydrogen (secondary N) is 1. The van der Waals surface area contributed by atoms with E-state index in [1.54, 1.807) is 0 Å². The van der Waals surface area contributed by atoms with Crippen molar-refractivity contribution in [2.24, 2.45) is 0 Å². The fourth-order valence-electron chi connectivity index (χ4n) is 2.55. The number of aryl methyl sites for hydroxylation is 2. The lowest BCUT2D eigenvalue weighted by Crippen LogP contribution is -2.20. The highest BCUT2D eigenvalue weighted by atomic mass is 127. The predicted molar refractivity (Wildman–Crippen MR) is 90.6 cm³/mol. The van der Waals surface area contributed by atoms with E-state index < -0.39 is 0 Å². The molecule has 2 aromatic carbocycles. The van der Waals surface area contributed by atoms with Crippen molar-refractivity contribution < 1.29 is 0 Å². The smallest absolute Gasteiger partial charge is 0.0368 e. The fourth-order valence-corrected chi connectivity index (χ4v) is 3.31. The van der Waals surface area contributed by atoms with E-state index >= 15 is 0 Å². The van der Waals surface area contributed by atoms with Crippen molar-refractivity contribution in [3.63, 3.8) is 0 Å². The minimum atomic E-state index is 0.370. The van der Waals surface area contributed by atoms with Crippen molar-refractivity contribution in [2.45, 2.75) is 26.3 Å². The van der Waals surface area contributed by atoms with Gasteiger partial charge in [-0.2, -0.15) is 0 Å². The van der Waals surface area contributed by atoms with Crippen LogP contribution in [0.5, 0.6) is 0 Å². The molecule has 2 heteroatoms. The van der Waals surface area contributed by atoms with Crippen molar-refractivity contribution in [2.75, 3.05) is 7.05 Å². The number of likely N-dealkylation sites (N-methyl/N-ethyl adjacent to an activating group) is 1. The van der Waals surface area contributed by atoms with Gasteiger partial charge in [0.05, 0.1) is 0 Å². The van der Waals surface area contributed by atoms with Crippen LogP contribution in [0.4, 0.5) is 0 Å². The van der Waals surface area contributed by atoms with Crippen LogP contribution in [0.15, 0.2) is 42.5 Å². The van der Waals surface area contributed by atoms with E-state index in [0.29, 0.717) is 6.04 Å². The summed E-state index contributed by atoms with van der Waals surface area (Å²) in [4.78, 5) is 0. The molecule has 0 saturated heterocycles. The molecule has 0 saturated carbocycles. The molecule has 2 aromatic rings. The average Bonchev–Trinajstić information content (AvgIpc) is 2.36. The molecule has 0 heterocycles. The molecule has 0 aliphatic heterocycles. The van der Waals surface area contributed by atoms with Gasteiger partial charge < -0.3 is 5.32 Å². The number of hydrogen-bond donors (Lipinski definition) is 1. The summed E-state index contributed by atoms with van der Waals surface area (Å²) in [7, 11) is 2.04. The molecule has 0 amide bonds. The maximum Gasteiger partial charge on any atom is 0.0368 e. The SMILES string of the molecule is CNC(Cc1cc(C)cc(C)c1)c1ccccc1I. The van der Waals surface area contributed by atoms with E-state index in [0.717, 1.165) is 6.42 Å². The van der Waals surface area contributed by atoms with Gasteiger partial charge in [0.15, 0.2) is 0 Å². The van der Waals surface area contributed by atoms with Crippen LogP contribution in [0.25, 0.3) is 0 Å². The van der Waals surface area contributed by atoms with Crippen molar-refractivity contribution in [3.05, 3.63) is 68.3 Å². The Balaban J connectivity index is 2.26. The van der Waals surface area contributed by atoms with Gasteiger partial charge in [-0.3, -0.25) is 0 Å². The molecule has 1 nitrogen and oxygen atoms in total. The molecule has 1 atom stereocenters. The van der Waals surface area contributed by atoms with Crippen LogP contribution in [-0.2, 0) is 6.42 Å². The zero-order valence-corrected chi connectivity index (χ0v) is 13.9. The van der Waals surface area contributed by atoms with Crippen LogP contribution in [0.1, 0.15) is 28.3 Å². The first-order valence-electron chi connectivity index (χ1n) is 6.59. The zero-order chi connectivity index (χ0) is 13.8. The van der Waals surface area contributed by atoms with Crippen LogP contribution in [-0.4, -0.2) is 7.05 Å². The molecule has 0 bridgehead atoms. The molecule has 1 unspecified atom stereocenters. The fraction of sp³-hybridized carbons (Fsp3) is 0.294. The largest absolute Gasteiger partial charge is 0.313 e. The number of hydrogen-bond acceptors (Lipinski definition) is 1. The Morgan fingerprint density at radius 3 is 2.26 bits per heavy atom. The van der Waals surface area contributed by atoms with Crippen LogP contribution >= 0.6 is 22.6 Å². The second-order valence-electron chi connectivity index (χ2n) is 5.06. The summed E-state index contributed by atoms with van der Waals surface area (Å²) in [6.07, 6.45) is 1.03. The molecule has 1 N–H and O–H groups in total. The molecule has 0 aromatic heterocycles. The summed E-state index contributed by atoms with van der Waals surface area (Å²) in [5, 5.41) is 3.44. The van der Waals surface area contributed by atoms with E-state index in [9.17, 15) is 0 Å². The maximum absolute atomic E-state index is 3.44. The highest BCUT2D eigenvalue weighted by molar-refractivity contribution is 14.1. The van der Waals surface area contributed by atoms with E-state index in [1.807, 2.05) is 7.05 Å². The van der Waals surface area contributed by atoms with Crippen molar-refractivity contribution in [1.82, 2.24) is 5.32 Å². The molecular formula is C17H20IN. The third-order valence-corrected chi connectivity index (χ3v) is 4.33. The first-order valence-corrected chi connectivity index (χ1v) is 7.67. The van der Waals surface area contributed by atoms with Gasteiger partial charge in [-0.25, -0.2) is 0 Å². The Morgan fingerprint density at radius 2 is 1.68 bits per heavy atom. The van der Waals surface area contributed by atoms with Crippen LogP contribution in [0.2, 0.25) is 0 Å². The molecule has 19 heavy (non-hydrogen) atoms. The highest BCUT2D eigenvalue weighted by Crippen LogP contribution is 2.24. The third-order valence-electron chi connectivity index (χ3n) is 3.35. The van der Waals surface area contributed by atoms with Gasteiger partial charge in [0.25, 0.3) is 0 Å². The van der Waals surface area contributed by atoms with Crippen molar-refractivity contribution >= 4 is 22.6 Å². The summed E-state index contributed by atoms with van der Waals surface area (Å²) >= 11 is 2.42. The molecule has 100 valence electrons. The standard InChI is InChI=1S/C17H20IN/c1-12-8-13(2)10-14(9-12)11-17(19-3)15-6-4-5-7-16(15)18/h4-10,17,19H,11H2,1-3H3. The zero-order valence-electron chi connectivity index (χ0n) is 11.7. The summed E-state index contributed by atoms with van der Waals surface area (Å²) in [5.74, 6) is 0. The van der Waals surface area contributed by atoms with Crippen LogP contribution in [0.3, 0.4) is 0 Å². The van der Waals surface area contributed by atoms with Gasteiger partial charge in [-0.15, -0.1) is 0 Å². The number of rotatable bonds is 4. The van der Waals surface area contributed by atoms with E-state index in [4.69, 9.17) is 0 Å². The Bertz CT molecular complexity index is 543. The molecule has 0 spiro atoms. The Hall–Kier alpha value is -0.870. The summed E-state index contributed by atoms with van der Waals surface area (Å²) in [6, 6.07) is 15.8. The van der Waals surface area contributed by atoms with Crippen molar-refractivity contribution in [3.8, 4) is 0 Å². The molecule has 2 rings (SSSR count). The van der Waals surface area contributed by atoms with E-state index in [2.05, 4.69) is 84.2 Å². The van der Waals surface area contributed by atoms with Crippen LogP contribution < -0.4 is 5.32 Å². The molecule has 0 aliphatic carbocycles. The number of benzene rings is 2. The summed E-state index contributed by atoms with van der Waals surface area (Å²) in [6.45, 7) is 4.33. The first-order chi connectivity index (χ1) is 9.10. The number of halogens is 1. The topological polar surface area (TPSA) is 12.0 Å². The monoisotopic (exact) mass is 365 g/mol. The minimum absolute atomic E-state index is 0.370. The normalized spacial score (nSPS) is 12.4. The lowest BCUT2D eigenvalue weighted by Gasteiger charge is -2.19.